The molecular weight excluding hydrogens is 396 g/mol. The van der Waals surface area contributed by atoms with E-state index in [2.05, 4.69) is 9.97 Å². The number of rotatable bonds is 6. The minimum absolute atomic E-state index is 0.0391. The van der Waals surface area contributed by atoms with Crippen LogP contribution in [-0.2, 0) is 0 Å². The smallest absolute Gasteiger partial charge is 0.335 e. The highest BCUT2D eigenvalue weighted by molar-refractivity contribution is 5.97. The highest BCUT2D eigenvalue weighted by Gasteiger charge is 2.15. The molecule has 0 saturated heterocycles. The maximum absolute atomic E-state index is 11.3. The first-order valence-electron chi connectivity index (χ1n) is 8.22. The molecule has 0 amide bonds. The van der Waals surface area contributed by atoms with Crippen molar-refractivity contribution in [1.82, 2.24) is 9.97 Å². The van der Waals surface area contributed by atoms with Crippen LogP contribution in [0.15, 0.2) is 48.8 Å². The standard InChI is InChI=1S/C20H12N2O8/c23-17(24)11-1-9(2-12(5-11)18(25)26)15-7-21-16(22-8-15)10-3-13(19(27)28)6-14(4-10)20(29)30/h1-8H,(H,23,24)(H,25,26)(H,27,28)(H,29,30). The lowest BCUT2D eigenvalue weighted by Crippen LogP contribution is -2.04. The highest BCUT2D eigenvalue weighted by Crippen LogP contribution is 2.25. The van der Waals surface area contributed by atoms with E-state index in [1.807, 2.05) is 0 Å². The number of benzene rings is 2. The third-order valence-corrected chi connectivity index (χ3v) is 4.10. The molecule has 1 heterocycles. The van der Waals surface area contributed by atoms with Gasteiger partial charge in [0.05, 0.1) is 22.3 Å². The molecule has 0 spiro atoms. The molecule has 0 bridgehead atoms. The van der Waals surface area contributed by atoms with E-state index in [0.717, 1.165) is 12.1 Å². The van der Waals surface area contributed by atoms with Crippen LogP contribution in [0.3, 0.4) is 0 Å². The van der Waals surface area contributed by atoms with Crippen LogP contribution >= 0.6 is 0 Å². The van der Waals surface area contributed by atoms with E-state index in [-0.39, 0.29) is 39.2 Å². The van der Waals surface area contributed by atoms with Gasteiger partial charge in [0.25, 0.3) is 0 Å². The van der Waals surface area contributed by atoms with E-state index >= 15 is 0 Å². The van der Waals surface area contributed by atoms with Crippen LogP contribution in [0.4, 0.5) is 0 Å². The number of hydrogen-bond acceptors (Lipinski definition) is 6. The molecule has 10 nitrogen and oxygen atoms in total. The fourth-order valence-electron chi connectivity index (χ4n) is 2.67. The first-order valence-corrected chi connectivity index (χ1v) is 8.22. The van der Waals surface area contributed by atoms with Gasteiger partial charge in [-0.05, 0) is 42.0 Å². The van der Waals surface area contributed by atoms with Gasteiger partial charge in [-0.2, -0.15) is 0 Å². The van der Waals surface area contributed by atoms with Crippen molar-refractivity contribution in [2.75, 3.05) is 0 Å². The predicted octanol–water partition coefficient (Wildman–Crippen LogP) is 2.60. The Hall–Kier alpha value is -4.60. The Morgan fingerprint density at radius 2 is 0.833 bits per heavy atom. The quantitative estimate of drug-likeness (QED) is 0.474. The lowest BCUT2D eigenvalue weighted by Gasteiger charge is -2.07. The Labute approximate surface area is 167 Å². The van der Waals surface area contributed by atoms with Crippen molar-refractivity contribution in [1.29, 1.82) is 0 Å². The molecule has 4 N–H and O–H groups in total. The van der Waals surface area contributed by atoms with Crippen molar-refractivity contribution in [3.63, 3.8) is 0 Å². The maximum atomic E-state index is 11.3. The number of carboxylic acids is 4. The van der Waals surface area contributed by atoms with Crippen LogP contribution < -0.4 is 0 Å². The fourth-order valence-corrected chi connectivity index (χ4v) is 2.67. The lowest BCUT2D eigenvalue weighted by molar-refractivity contribution is 0.0676. The van der Waals surface area contributed by atoms with Crippen LogP contribution in [0.1, 0.15) is 41.4 Å². The Morgan fingerprint density at radius 3 is 1.17 bits per heavy atom. The molecular formula is C20H12N2O8. The maximum Gasteiger partial charge on any atom is 0.335 e. The molecule has 0 unspecified atom stereocenters. The van der Waals surface area contributed by atoms with Crippen molar-refractivity contribution in [3.8, 4) is 22.5 Å². The second kappa shape index (κ2) is 7.80. The molecule has 150 valence electrons. The zero-order valence-electron chi connectivity index (χ0n) is 14.9. The largest absolute Gasteiger partial charge is 0.478 e. The van der Waals surface area contributed by atoms with Crippen molar-refractivity contribution < 1.29 is 39.6 Å². The molecule has 0 fully saturated rings. The Morgan fingerprint density at radius 1 is 0.500 bits per heavy atom. The molecule has 0 radical (unpaired) electrons. The van der Waals surface area contributed by atoms with Gasteiger partial charge < -0.3 is 20.4 Å². The molecule has 3 aromatic rings. The van der Waals surface area contributed by atoms with Crippen LogP contribution in [0.5, 0.6) is 0 Å². The van der Waals surface area contributed by atoms with Gasteiger partial charge in [-0.25, -0.2) is 29.1 Å². The molecule has 0 atom stereocenters. The SMILES string of the molecule is O=C(O)c1cc(C(=O)O)cc(-c2cnc(-c3cc(C(=O)O)cc(C(=O)O)c3)nc2)c1. The molecule has 0 aliphatic rings. The van der Waals surface area contributed by atoms with Gasteiger partial charge in [-0.3, -0.25) is 0 Å². The van der Waals surface area contributed by atoms with E-state index < -0.39 is 23.9 Å². The monoisotopic (exact) mass is 408 g/mol. The van der Waals surface area contributed by atoms with Crippen molar-refractivity contribution in [2.45, 2.75) is 0 Å². The van der Waals surface area contributed by atoms with E-state index in [0.29, 0.717) is 5.56 Å². The molecule has 1 aromatic heterocycles. The summed E-state index contributed by atoms with van der Waals surface area (Å²) in [5.41, 5.74) is -0.231. The van der Waals surface area contributed by atoms with Gasteiger partial charge in [0.2, 0.25) is 0 Å². The molecule has 0 aliphatic carbocycles. The van der Waals surface area contributed by atoms with Gasteiger partial charge in [0, 0.05) is 23.5 Å². The number of aromatic carboxylic acids is 4. The van der Waals surface area contributed by atoms with E-state index in [9.17, 15) is 29.4 Å². The summed E-state index contributed by atoms with van der Waals surface area (Å²) in [5.74, 6) is -5.20. The average molecular weight is 408 g/mol. The van der Waals surface area contributed by atoms with Crippen LogP contribution in [0.25, 0.3) is 22.5 Å². The van der Waals surface area contributed by atoms with Gasteiger partial charge >= 0.3 is 23.9 Å². The number of hydrogen-bond donors (Lipinski definition) is 4. The van der Waals surface area contributed by atoms with Crippen molar-refractivity contribution in [2.24, 2.45) is 0 Å². The average Bonchev–Trinajstić information content (AvgIpc) is 2.73. The summed E-state index contributed by atoms with van der Waals surface area (Å²) in [6, 6.07) is 7.00. The second-order valence-corrected chi connectivity index (χ2v) is 6.11. The third-order valence-electron chi connectivity index (χ3n) is 4.10. The van der Waals surface area contributed by atoms with Crippen LogP contribution in [-0.4, -0.2) is 54.3 Å². The van der Waals surface area contributed by atoms with Gasteiger partial charge in [0.1, 0.15) is 0 Å². The molecule has 10 heteroatoms. The van der Waals surface area contributed by atoms with E-state index in [1.165, 1.54) is 36.7 Å². The van der Waals surface area contributed by atoms with E-state index in [4.69, 9.17) is 10.2 Å². The summed E-state index contributed by atoms with van der Waals surface area (Å²) in [6.07, 6.45) is 2.59. The minimum Gasteiger partial charge on any atom is -0.478 e. The lowest BCUT2D eigenvalue weighted by atomic mass is 10.0. The Balaban J connectivity index is 2.06. The summed E-state index contributed by atoms with van der Waals surface area (Å²) >= 11 is 0. The fraction of sp³-hybridized carbons (Fsp3) is 0. The number of nitrogens with zero attached hydrogens (tertiary/aromatic N) is 2. The molecule has 30 heavy (non-hydrogen) atoms. The Bertz CT molecular complexity index is 1040. The molecule has 2 aromatic carbocycles. The normalized spacial score (nSPS) is 10.4. The summed E-state index contributed by atoms with van der Waals surface area (Å²) in [4.78, 5) is 53.2. The molecule has 0 saturated carbocycles. The van der Waals surface area contributed by atoms with Gasteiger partial charge in [0.15, 0.2) is 5.82 Å². The summed E-state index contributed by atoms with van der Waals surface area (Å²) < 4.78 is 0. The topological polar surface area (TPSA) is 175 Å². The third kappa shape index (κ3) is 4.12. The van der Waals surface area contributed by atoms with Crippen molar-refractivity contribution in [3.05, 3.63) is 71.0 Å². The first kappa shape index (κ1) is 20.1. The number of aromatic nitrogens is 2. The van der Waals surface area contributed by atoms with E-state index in [1.54, 1.807) is 0 Å². The first-order chi connectivity index (χ1) is 14.2. The summed E-state index contributed by atoms with van der Waals surface area (Å²) in [6.45, 7) is 0. The van der Waals surface area contributed by atoms with Crippen LogP contribution in [0, 0.1) is 0 Å². The number of carbonyl (C=O) groups is 4. The van der Waals surface area contributed by atoms with Gasteiger partial charge in [-0.1, -0.05) is 0 Å². The Kier molecular flexibility index (Phi) is 5.23. The predicted molar refractivity (Wildman–Crippen MR) is 101 cm³/mol. The molecule has 0 aliphatic heterocycles. The highest BCUT2D eigenvalue weighted by atomic mass is 16.4. The summed E-state index contributed by atoms with van der Waals surface area (Å²) in [7, 11) is 0. The number of carboxylic acid groups (broad SMARTS) is 4. The zero-order valence-corrected chi connectivity index (χ0v) is 14.9. The zero-order chi connectivity index (χ0) is 22.0. The van der Waals surface area contributed by atoms with Crippen molar-refractivity contribution >= 4 is 23.9 Å². The van der Waals surface area contributed by atoms with Crippen LogP contribution in [0.2, 0.25) is 0 Å². The van der Waals surface area contributed by atoms with Gasteiger partial charge in [-0.15, -0.1) is 0 Å². The second-order valence-electron chi connectivity index (χ2n) is 6.11. The minimum atomic E-state index is -1.32. The molecule has 3 rings (SSSR count). The summed E-state index contributed by atoms with van der Waals surface area (Å²) in [5, 5.41) is 36.7.